The predicted octanol–water partition coefficient (Wildman–Crippen LogP) is 3.47. The molecule has 4 aromatic carbocycles. The average Bonchev–Trinajstić information content (AvgIpc) is 3.88. The molecule has 0 bridgehead atoms. The van der Waals surface area contributed by atoms with Gasteiger partial charge in [0.2, 0.25) is 0 Å². The number of nitrogens with zero attached hydrogens (tertiary/aromatic N) is 2. The molecule has 0 amide bonds. The minimum atomic E-state index is -1.14. The van der Waals surface area contributed by atoms with Crippen LogP contribution in [0.15, 0.2) is 97.1 Å². The van der Waals surface area contributed by atoms with Gasteiger partial charge in [0.05, 0.1) is 0 Å². The van der Waals surface area contributed by atoms with Crippen molar-refractivity contribution in [3.63, 3.8) is 0 Å². The first kappa shape index (κ1) is 29.3. The standard InChI is InChI=1S/2C20H16N.2ClH.Zr/c2*1-2-7-15-13-16(12-14(15)6-1)21-19-10-4-3-8-17(19)18-9-5-11-20(18)21;;;/h2*1-4,6-8,10,12-13H,5,9,11H2;2*1H;/q;;;;+2/p-2. The van der Waals surface area contributed by atoms with Crippen LogP contribution in [0.2, 0.25) is 0 Å². The molecular formula is C40H32Cl2N2Zr. The van der Waals surface area contributed by atoms with Crippen molar-refractivity contribution in [3.8, 4) is 0 Å². The number of hydrogen-bond donors (Lipinski definition) is 0. The van der Waals surface area contributed by atoms with Gasteiger partial charge < -0.3 is 24.8 Å². The molecule has 4 aliphatic rings. The number of hydrogen-bond acceptors (Lipinski definition) is 0. The van der Waals surface area contributed by atoms with Gasteiger partial charge in [0.1, 0.15) is 0 Å². The maximum Gasteiger partial charge on any atom is -1.00 e. The summed E-state index contributed by atoms with van der Waals surface area (Å²) >= 11 is -1.14. The third kappa shape index (κ3) is 4.23. The summed E-state index contributed by atoms with van der Waals surface area (Å²) in [6, 6.07) is 36.9. The Balaban J connectivity index is 0.00000150. The Morgan fingerprint density at radius 3 is 1.40 bits per heavy atom. The van der Waals surface area contributed by atoms with Gasteiger partial charge in [0.15, 0.2) is 0 Å². The second kappa shape index (κ2) is 11.3. The van der Waals surface area contributed by atoms with E-state index in [1.807, 2.05) is 0 Å². The molecule has 0 radical (unpaired) electrons. The summed E-state index contributed by atoms with van der Waals surface area (Å²) in [7, 11) is 0. The molecule has 220 valence electrons. The van der Waals surface area contributed by atoms with Crippen molar-refractivity contribution in [1.82, 2.24) is 9.13 Å². The first-order valence-electron chi connectivity index (χ1n) is 16.0. The fourth-order valence-corrected chi connectivity index (χ4v) is 13.7. The summed E-state index contributed by atoms with van der Waals surface area (Å²) in [5, 5.41) is 2.94. The molecule has 0 fully saturated rings. The van der Waals surface area contributed by atoms with Crippen molar-refractivity contribution >= 4 is 45.4 Å². The van der Waals surface area contributed by atoms with E-state index >= 15 is 0 Å². The Hall–Kier alpha value is -3.10. The van der Waals surface area contributed by atoms with E-state index in [2.05, 4.69) is 118 Å². The van der Waals surface area contributed by atoms with Crippen LogP contribution in [-0.4, -0.2) is 9.13 Å². The van der Waals surface area contributed by atoms with Gasteiger partial charge in [-0.3, -0.25) is 0 Å². The second-order valence-corrected chi connectivity index (χ2v) is 16.3. The second-order valence-electron chi connectivity index (χ2n) is 12.7. The smallest absolute Gasteiger partial charge is 1.00 e. The van der Waals surface area contributed by atoms with E-state index in [1.54, 1.807) is 45.0 Å². The van der Waals surface area contributed by atoms with Crippen LogP contribution >= 0.6 is 0 Å². The first-order valence-corrected chi connectivity index (χ1v) is 18.8. The van der Waals surface area contributed by atoms with E-state index in [1.165, 1.54) is 71.5 Å². The zero-order chi connectivity index (χ0) is 28.1. The molecule has 10 rings (SSSR count). The molecule has 5 heteroatoms. The zero-order valence-electron chi connectivity index (χ0n) is 24.9. The fraction of sp³-hybridized carbons (Fsp3) is 0.200. The molecule has 45 heavy (non-hydrogen) atoms. The first-order chi connectivity index (χ1) is 21.3. The Morgan fingerprint density at radius 2 is 0.911 bits per heavy atom. The van der Waals surface area contributed by atoms with E-state index in [4.69, 9.17) is 0 Å². The minimum Gasteiger partial charge on any atom is -1.00 e. The maximum absolute atomic E-state index is 2.72. The van der Waals surface area contributed by atoms with E-state index in [0.29, 0.717) is 7.25 Å². The predicted molar refractivity (Wildman–Crippen MR) is 175 cm³/mol. The molecular weight excluding hydrogens is 671 g/mol. The third-order valence-corrected chi connectivity index (χ3v) is 15.1. The Morgan fingerprint density at radius 1 is 0.489 bits per heavy atom. The number of rotatable bonds is 4. The van der Waals surface area contributed by atoms with Crippen molar-refractivity contribution < 1.29 is 48.0 Å². The molecule has 0 saturated carbocycles. The summed E-state index contributed by atoms with van der Waals surface area (Å²) in [5.74, 6) is 0. The van der Waals surface area contributed by atoms with Crippen LogP contribution in [0.5, 0.6) is 0 Å². The summed E-state index contributed by atoms with van der Waals surface area (Å²) in [5.41, 5.74) is 18.2. The SMILES string of the molecule is C1=C(n2c3c(c4ccccc42)CCC3)[CH]([Zr+2][CH]2C(n3c4c(c5ccccc53)CCC4)=Cc3ccccc32)c2ccccc21.[Cl-].[Cl-]. The number of aryl methyl sites for hydroxylation is 2. The number of benzene rings is 4. The molecule has 2 heterocycles. The molecule has 2 aromatic heterocycles. The quantitative estimate of drug-likeness (QED) is 0.267. The van der Waals surface area contributed by atoms with Crippen molar-refractivity contribution in [2.75, 3.05) is 0 Å². The van der Waals surface area contributed by atoms with E-state index < -0.39 is 23.2 Å². The van der Waals surface area contributed by atoms with E-state index in [-0.39, 0.29) is 24.8 Å². The molecule has 2 unspecified atom stereocenters. The van der Waals surface area contributed by atoms with Crippen LogP contribution < -0.4 is 24.8 Å². The van der Waals surface area contributed by atoms with Gasteiger partial charge in [0.25, 0.3) is 0 Å². The topological polar surface area (TPSA) is 9.86 Å². The molecule has 0 aliphatic heterocycles. The van der Waals surface area contributed by atoms with Gasteiger partial charge in [0, 0.05) is 0 Å². The molecule has 2 atom stereocenters. The molecule has 4 aliphatic carbocycles. The van der Waals surface area contributed by atoms with Crippen molar-refractivity contribution in [1.29, 1.82) is 0 Å². The molecule has 0 spiro atoms. The van der Waals surface area contributed by atoms with Crippen LogP contribution in [-0.2, 0) is 48.9 Å². The number of halogens is 2. The molecule has 6 aromatic rings. The summed E-state index contributed by atoms with van der Waals surface area (Å²) in [4.78, 5) is 0. The Labute approximate surface area is 288 Å². The van der Waals surface area contributed by atoms with Gasteiger partial charge in [-0.2, -0.15) is 0 Å². The van der Waals surface area contributed by atoms with Crippen LogP contribution in [0.1, 0.15) is 64.9 Å². The monoisotopic (exact) mass is 700 g/mol. The third-order valence-electron chi connectivity index (χ3n) is 10.5. The van der Waals surface area contributed by atoms with Gasteiger partial charge in [-0.25, -0.2) is 0 Å². The molecule has 0 N–H and O–H groups in total. The van der Waals surface area contributed by atoms with Crippen molar-refractivity contribution in [2.24, 2.45) is 0 Å². The normalized spacial score (nSPS) is 18.8. The average molecular weight is 703 g/mol. The van der Waals surface area contributed by atoms with Crippen LogP contribution in [0.25, 0.3) is 45.4 Å². The summed E-state index contributed by atoms with van der Waals surface area (Å²) in [6.07, 6.45) is 12.5. The van der Waals surface area contributed by atoms with Crippen LogP contribution in [0, 0.1) is 0 Å². The largest absolute Gasteiger partial charge is 1.00 e. The number of allylic oxidation sites excluding steroid dienone is 2. The number of para-hydroxylation sites is 2. The van der Waals surface area contributed by atoms with Crippen LogP contribution in [0.4, 0.5) is 0 Å². The zero-order valence-corrected chi connectivity index (χ0v) is 28.9. The summed E-state index contributed by atoms with van der Waals surface area (Å²) in [6.45, 7) is 0. The fourth-order valence-electron chi connectivity index (χ4n) is 8.78. The minimum absolute atomic E-state index is 0. The van der Waals surface area contributed by atoms with Gasteiger partial charge >= 0.3 is 265 Å². The van der Waals surface area contributed by atoms with Gasteiger partial charge in [-0.1, -0.05) is 0 Å². The van der Waals surface area contributed by atoms with Crippen molar-refractivity contribution in [2.45, 2.75) is 45.8 Å². The van der Waals surface area contributed by atoms with Gasteiger partial charge in [-0.05, 0) is 0 Å². The van der Waals surface area contributed by atoms with Crippen LogP contribution in [0.3, 0.4) is 0 Å². The Bertz CT molecular complexity index is 2040. The van der Waals surface area contributed by atoms with Gasteiger partial charge in [-0.15, -0.1) is 0 Å². The summed E-state index contributed by atoms with van der Waals surface area (Å²) < 4.78 is 6.43. The number of aromatic nitrogens is 2. The maximum atomic E-state index is 2.72. The number of fused-ring (bicyclic) bond motifs is 8. The van der Waals surface area contributed by atoms with E-state index in [9.17, 15) is 0 Å². The van der Waals surface area contributed by atoms with E-state index in [0.717, 1.165) is 0 Å². The Kier molecular flexibility index (Phi) is 7.36. The molecule has 2 nitrogen and oxygen atoms in total. The molecule has 0 saturated heterocycles. The van der Waals surface area contributed by atoms with Crippen molar-refractivity contribution in [3.05, 3.63) is 142 Å².